The molecule has 1 N–H and O–H groups in total. The number of hydrogen-bond donors (Lipinski definition) is 1. The Morgan fingerprint density at radius 1 is 1.19 bits per heavy atom. The Hall–Kier alpha value is -2.31. The molecule has 0 bridgehead atoms. The topological polar surface area (TPSA) is 59.8 Å². The molecule has 0 aliphatic rings. The maximum atomic E-state index is 12.2. The van der Waals surface area contributed by atoms with E-state index in [-0.39, 0.29) is 11.7 Å². The highest BCUT2D eigenvalue weighted by molar-refractivity contribution is 7.99. The molecule has 0 aliphatic heterocycles. The van der Waals surface area contributed by atoms with E-state index >= 15 is 0 Å². The summed E-state index contributed by atoms with van der Waals surface area (Å²) in [7, 11) is 0. The molecule has 7 heteroatoms. The molecule has 5 nitrogen and oxygen atoms in total. The van der Waals surface area contributed by atoms with E-state index in [0.29, 0.717) is 15.9 Å². The third kappa shape index (κ3) is 4.45. The molecule has 0 radical (unpaired) electrons. The average Bonchev–Trinajstić information content (AvgIpc) is 3.00. The minimum Gasteiger partial charge on any atom is -0.325 e. The van der Waals surface area contributed by atoms with Crippen molar-refractivity contribution in [3.63, 3.8) is 0 Å². The smallest absolute Gasteiger partial charge is 0.234 e. The first-order valence-electron chi connectivity index (χ1n) is 8.26. The molecule has 134 valence electrons. The monoisotopic (exact) mass is 386 g/mol. The van der Waals surface area contributed by atoms with Crippen molar-refractivity contribution in [1.82, 2.24) is 14.8 Å². The number of nitrogens with one attached hydrogen (secondary N) is 1. The zero-order valence-corrected chi connectivity index (χ0v) is 16.1. The largest absolute Gasteiger partial charge is 0.325 e. The van der Waals surface area contributed by atoms with Gasteiger partial charge in [0, 0.05) is 16.4 Å². The number of carbonyl (C=O) groups excluding carboxylic acids is 1. The van der Waals surface area contributed by atoms with Crippen LogP contribution in [0.15, 0.2) is 53.7 Å². The summed E-state index contributed by atoms with van der Waals surface area (Å²) in [5.74, 6) is 0.898. The van der Waals surface area contributed by atoms with Gasteiger partial charge in [0.2, 0.25) is 5.91 Å². The van der Waals surface area contributed by atoms with E-state index in [4.69, 9.17) is 11.6 Å². The Bertz CT molecular complexity index is 908. The lowest BCUT2D eigenvalue weighted by Gasteiger charge is -2.09. The van der Waals surface area contributed by atoms with Gasteiger partial charge in [-0.05, 0) is 49.2 Å². The second kappa shape index (κ2) is 8.38. The number of halogens is 1. The van der Waals surface area contributed by atoms with Crippen molar-refractivity contribution in [2.75, 3.05) is 11.1 Å². The van der Waals surface area contributed by atoms with Crippen LogP contribution < -0.4 is 5.32 Å². The summed E-state index contributed by atoms with van der Waals surface area (Å²) in [6.07, 6.45) is 0.993. The molecule has 3 rings (SSSR count). The van der Waals surface area contributed by atoms with Crippen LogP contribution in [-0.2, 0) is 11.2 Å². The summed E-state index contributed by atoms with van der Waals surface area (Å²) in [5.41, 5.74) is 2.94. The fraction of sp³-hybridized carbons (Fsp3) is 0.211. The Balaban J connectivity index is 1.69. The first-order valence-corrected chi connectivity index (χ1v) is 9.62. The Labute approximate surface area is 161 Å². The normalized spacial score (nSPS) is 10.7. The van der Waals surface area contributed by atoms with E-state index in [0.717, 1.165) is 17.9 Å². The van der Waals surface area contributed by atoms with Crippen LogP contribution in [0.3, 0.4) is 0 Å². The molecule has 0 saturated carbocycles. The minimum atomic E-state index is -0.120. The standard InChI is InChI=1S/C19H19ClN4OS/c1-3-14-7-9-17(10-8-14)24-13(2)22-23-19(24)26-12-18(25)21-16-6-4-5-15(20)11-16/h4-11H,3,12H2,1-2H3,(H,21,25). The number of aromatic nitrogens is 3. The van der Waals surface area contributed by atoms with E-state index in [1.807, 2.05) is 23.6 Å². The summed E-state index contributed by atoms with van der Waals surface area (Å²) in [6.45, 7) is 4.02. The van der Waals surface area contributed by atoms with E-state index in [2.05, 4.69) is 34.6 Å². The van der Waals surface area contributed by atoms with Crippen molar-refractivity contribution in [3.05, 3.63) is 64.9 Å². The van der Waals surface area contributed by atoms with Gasteiger partial charge >= 0.3 is 0 Å². The molecule has 1 heterocycles. The van der Waals surface area contributed by atoms with E-state index in [1.165, 1.54) is 17.3 Å². The lowest BCUT2D eigenvalue weighted by molar-refractivity contribution is -0.113. The van der Waals surface area contributed by atoms with Gasteiger partial charge in [0.1, 0.15) is 5.82 Å². The van der Waals surface area contributed by atoms with Crippen LogP contribution in [0.5, 0.6) is 0 Å². The van der Waals surface area contributed by atoms with Crippen LogP contribution >= 0.6 is 23.4 Å². The quantitative estimate of drug-likeness (QED) is 0.632. The highest BCUT2D eigenvalue weighted by Gasteiger charge is 2.13. The fourth-order valence-corrected chi connectivity index (χ4v) is 3.50. The van der Waals surface area contributed by atoms with E-state index in [1.54, 1.807) is 24.3 Å². The van der Waals surface area contributed by atoms with Gasteiger partial charge in [-0.1, -0.05) is 48.5 Å². The third-order valence-electron chi connectivity index (χ3n) is 3.84. The van der Waals surface area contributed by atoms with Crippen LogP contribution in [0, 0.1) is 6.92 Å². The van der Waals surface area contributed by atoms with Gasteiger partial charge < -0.3 is 5.32 Å². The highest BCUT2D eigenvalue weighted by Crippen LogP contribution is 2.23. The van der Waals surface area contributed by atoms with Gasteiger partial charge in [-0.2, -0.15) is 0 Å². The van der Waals surface area contributed by atoms with Crippen LogP contribution in [0.25, 0.3) is 5.69 Å². The van der Waals surface area contributed by atoms with Crippen LogP contribution in [-0.4, -0.2) is 26.4 Å². The van der Waals surface area contributed by atoms with Gasteiger partial charge in [0.15, 0.2) is 5.16 Å². The van der Waals surface area contributed by atoms with Crippen LogP contribution in [0.2, 0.25) is 5.02 Å². The molecule has 0 saturated heterocycles. The van der Waals surface area contributed by atoms with Gasteiger partial charge in [-0.25, -0.2) is 0 Å². The third-order valence-corrected chi connectivity index (χ3v) is 5.00. The number of thioether (sulfide) groups is 1. The van der Waals surface area contributed by atoms with E-state index < -0.39 is 0 Å². The van der Waals surface area contributed by atoms with Gasteiger partial charge in [-0.3, -0.25) is 9.36 Å². The molecule has 2 aromatic carbocycles. The first kappa shape index (κ1) is 18.5. The Kier molecular flexibility index (Phi) is 5.96. The highest BCUT2D eigenvalue weighted by atomic mass is 35.5. The summed E-state index contributed by atoms with van der Waals surface area (Å²) in [6, 6.07) is 15.4. The molecule has 1 amide bonds. The predicted molar refractivity (Wildman–Crippen MR) is 106 cm³/mol. The minimum absolute atomic E-state index is 0.120. The molecule has 1 aromatic heterocycles. The van der Waals surface area contributed by atoms with Crippen molar-refractivity contribution in [3.8, 4) is 5.69 Å². The molecule has 0 aliphatic carbocycles. The number of amides is 1. The molecule has 0 unspecified atom stereocenters. The second-order valence-electron chi connectivity index (χ2n) is 5.73. The lowest BCUT2D eigenvalue weighted by atomic mass is 10.1. The maximum Gasteiger partial charge on any atom is 0.234 e. The average molecular weight is 387 g/mol. The molecule has 0 fully saturated rings. The number of aryl methyl sites for hydroxylation is 2. The number of benzene rings is 2. The molecule has 0 spiro atoms. The molecule has 26 heavy (non-hydrogen) atoms. The van der Waals surface area contributed by atoms with Crippen molar-refractivity contribution in [2.45, 2.75) is 25.4 Å². The molecular weight excluding hydrogens is 368 g/mol. The second-order valence-corrected chi connectivity index (χ2v) is 7.11. The van der Waals surface area contributed by atoms with E-state index in [9.17, 15) is 4.79 Å². The van der Waals surface area contributed by atoms with Crippen molar-refractivity contribution in [1.29, 1.82) is 0 Å². The number of hydrogen-bond acceptors (Lipinski definition) is 4. The first-order chi connectivity index (χ1) is 12.6. The Morgan fingerprint density at radius 2 is 1.96 bits per heavy atom. The summed E-state index contributed by atoms with van der Waals surface area (Å²) in [4.78, 5) is 12.2. The lowest BCUT2D eigenvalue weighted by Crippen LogP contribution is -2.14. The zero-order valence-electron chi connectivity index (χ0n) is 14.6. The van der Waals surface area contributed by atoms with Crippen LogP contribution in [0.1, 0.15) is 18.3 Å². The van der Waals surface area contributed by atoms with Crippen molar-refractivity contribution >= 4 is 35.0 Å². The summed E-state index contributed by atoms with van der Waals surface area (Å²) in [5, 5.41) is 12.5. The van der Waals surface area contributed by atoms with Gasteiger partial charge in [0.25, 0.3) is 0 Å². The predicted octanol–water partition coefficient (Wildman–Crippen LogP) is 4.52. The number of carbonyl (C=O) groups is 1. The number of anilines is 1. The molecule has 3 aromatic rings. The number of rotatable bonds is 6. The fourth-order valence-electron chi connectivity index (χ4n) is 2.51. The van der Waals surface area contributed by atoms with Crippen molar-refractivity contribution in [2.24, 2.45) is 0 Å². The van der Waals surface area contributed by atoms with Gasteiger partial charge in [0.05, 0.1) is 5.75 Å². The summed E-state index contributed by atoms with van der Waals surface area (Å²) >= 11 is 7.28. The van der Waals surface area contributed by atoms with Gasteiger partial charge in [-0.15, -0.1) is 10.2 Å². The number of nitrogens with zero attached hydrogens (tertiary/aromatic N) is 3. The Morgan fingerprint density at radius 3 is 2.65 bits per heavy atom. The molecular formula is C19H19ClN4OS. The maximum absolute atomic E-state index is 12.2. The summed E-state index contributed by atoms with van der Waals surface area (Å²) < 4.78 is 1.96. The van der Waals surface area contributed by atoms with Crippen LogP contribution in [0.4, 0.5) is 5.69 Å². The van der Waals surface area contributed by atoms with Crippen molar-refractivity contribution < 1.29 is 4.79 Å². The molecule has 0 atom stereocenters. The zero-order chi connectivity index (χ0) is 18.5. The SMILES string of the molecule is CCc1ccc(-n2c(C)nnc2SCC(=O)Nc2cccc(Cl)c2)cc1.